The van der Waals surface area contributed by atoms with Crippen molar-refractivity contribution in [3.63, 3.8) is 0 Å². The molecule has 1 aliphatic carbocycles. The van der Waals surface area contributed by atoms with Gasteiger partial charge in [0.1, 0.15) is 12.4 Å². The third kappa shape index (κ3) is 3.05. The van der Waals surface area contributed by atoms with Gasteiger partial charge in [0.25, 0.3) is 0 Å². The van der Waals surface area contributed by atoms with Gasteiger partial charge in [0.05, 0.1) is 5.69 Å². The highest BCUT2D eigenvalue weighted by Crippen LogP contribution is 2.23. The van der Waals surface area contributed by atoms with E-state index < -0.39 is 5.82 Å². The Morgan fingerprint density at radius 3 is 2.68 bits per heavy atom. The summed E-state index contributed by atoms with van der Waals surface area (Å²) in [7, 11) is 0. The summed E-state index contributed by atoms with van der Waals surface area (Å²) >= 11 is 0. The maximum atomic E-state index is 13.8. The van der Waals surface area contributed by atoms with E-state index in [2.05, 4.69) is 5.32 Å². The van der Waals surface area contributed by atoms with Crippen LogP contribution in [0.1, 0.15) is 25.7 Å². The predicted octanol–water partition coefficient (Wildman–Crippen LogP) is 2.13. The lowest BCUT2D eigenvalue weighted by Crippen LogP contribution is -2.42. The van der Waals surface area contributed by atoms with E-state index in [4.69, 9.17) is 0 Å². The molecule has 3 amide bonds. The normalized spacial score (nSPS) is 19.0. The second-order valence-corrected chi connectivity index (χ2v) is 5.86. The van der Waals surface area contributed by atoms with Crippen molar-refractivity contribution in [3.8, 4) is 0 Å². The average Bonchev–Trinajstić information content (AvgIpc) is 3.11. The van der Waals surface area contributed by atoms with E-state index in [1.54, 1.807) is 18.2 Å². The SMILES string of the molecule is O=C(CN1CCN(c2ccccc2F)C1=O)NC1CCCC1. The maximum Gasteiger partial charge on any atom is 0.325 e. The number of hydrogen-bond donors (Lipinski definition) is 1. The minimum atomic E-state index is -0.423. The lowest BCUT2D eigenvalue weighted by atomic mass is 10.2. The second kappa shape index (κ2) is 6.34. The lowest BCUT2D eigenvalue weighted by Gasteiger charge is -2.20. The fourth-order valence-corrected chi connectivity index (χ4v) is 3.14. The number of carbonyl (C=O) groups excluding carboxylic acids is 2. The van der Waals surface area contributed by atoms with Gasteiger partial charge in [-0.1, -0.05) is 25.0 Å². The molecule has 1 aliphatic heterocycles. The molecule has 1 saturated heterocycles. The number of benzene rings is 1. The first-order valence-electron chi connectivity index (χ1n) is 7.75. The molecule has 5 nitrogen and oxygen atoms in total. The Kier molecular flexibility index (Phi) is 4.27. The molecule has 2 aliphatic rings. The molecule has 1 aromatic carbocycles. The number of amides is 3. The number of para-hydroxylation sites is 1. The Morgan fingerprint density at radius 1 is 1.23 bits per heavy atom. The predicted molar refractivity (Wildman–Crippen MR) is 81.1 cm³/mol. The third-order valence-electron chi connectivity index (χ3n) is 4.29. The number of anilines is 1. The summed E-state index contributed by atoms with van der Waals surface area (Å²) in [5.41, 5.74) is 0.270. The van der Waals surface area contributed by atoms with E-state index in [1.807, 2.05) is 0 Å². The molecule has 0 spiro atoms. The third-order valence-corrected chi connectivity index (χ3v) is 4.29. The Labute approximate surface area is 129 Å². The van der Waals surface area contributed by atoms with Crippen molar-refractivity contribution in [2.45, 2.75) is 31.7 Å². The standard InChI is InChI=1S/C16H20FN3O2/c17-13-7-3-4-8-14(13)20-10-9-19(16(20)22)11-15(21)18-12-5-1-2-6-12/h3-4,7-8,12H,1-2,5-6,9-11H2,(H,18,21). The molecule has 22 heavy (non-hydrogen) atoms. The minimum Gasteiger partial charge on any atom is -0.352 e. The number of urea groups is 1. The molecular weight excluding hydrogens is 285 g/mol. The summed E-state index contributed by atoms with van der Waals surface area (Å²) in [5.74, 6) is -0.552. The molecule has 0 aromatic heterocycles. The van der Waals surface area contributed by atoms with Gasteiger partial charge in [0.15, 0.2) is 0 Å². The van der Waals surface area contributed by atoms with Crippen LogP contribution in [0.15, 0.2) is 24.3 Å². The highest BCUT2D eigenvalue weighted by Gasteiger charge is 2.32. The number of rotatable bonds is 4. The largest absolute Gasteiger partial charge is 0.352 e. The van der Waals surface area contributed by atoms with Crippen molar-refractivity contribution in [3.05, 3.63) is 30.1 Å². The topological polar surface area (TPSA) is 52.7 Å². The van der Waals surface area contributed by atoms with Crippen LogP contribution in [-0.2, 0) is 4.79 Å². The summed E-state index contributed by atoms with van der Waals surface area (Å²) in [6.45, 7) is 0.877. The maximum absolute atomic E-state index is 13.8. The number of carbonyl (C=O) groups is 2. The molecule has 0 radical (unpaired) electrons. The molecule has 1 aromatic rings. The molecule has 6 heteroatoms. The monoisotopic (exact) mass is 305 g/mol. The van der Waals surface area contributed by atoms with Gasteiger partial charge in [-0.15, -0.1) is 0 Å². The van der Waals surface area contributed by atoms with Gasteiger partial charge in [0, 0.05) is 19.1 Å². The summed E-state index contributed by atoms with van der Waals surface area (Å²) in [6, 6.07) is 6.13. The Bertz CT molecular complexity index is 572. The van der Waals surface area contributed by atoms with Crippen LogP contribution in [0.5, 0.6) is 0 Å². The van der Waals surface area contributed by atoms with Crippen LogP contribution >= 0.6 is 0 Å². The molecular formula is C16H20FN3O2. The Balaban J connectivity index is 1.59. The number of nitrogens with zero attached hydrogens (tertiary/aromatic N) is 2. The van der Waals surface area contributed by atoms with Crippen LogP contribution in [0.2, 0.25) is 0 Å². The van der Waals surface area contributed by atoms with Gasteiger partial charge < -0.3 is 10.2 Å². The van der Waals surface area contributed by atoms with E-state index in [0.29, 0.717) is 13.1 Å². The number of hydrogen-bond acceptors (Lipinski definition) is 2. The van der Waals surface area contributed by atoms with Crippen LogP contribution in [0, 0.1) is 5.82 Å². The molecule has 2 fully saturated rings. The van der Waals surface area contributed by atoms with Gasteiger partial charge in [-0.25, -0.2) is 9.18 Å². The first-order valence-corrected chi connectivity index (χ1v) is 7.75. The van der Waals surface area contributed by atoms with E-state index >= 15 is 0 Å². The summed E-state index contributed by atoms with van der Waals surface area (Å²) < 4.78 is 13.8. The van der Waals surface area contributed by atoms with Crippen molar-refractivity contribution in [2.24, 2.45) is 0 Å². The van der Waals surface area contributed by atoms with Crippen molar-refractivity contribution >= 4 is 17.6 Å². The Morgan fingerprint density at radius 2 is 1.95 bits per heavy atom. The summed E-state index contributed by atoms with van der Waals surface area (Å²) in [5, 5.41) is 2.97. The van der Waals surface area contributed by atoms with Crippen molar-refractivity contribution in [2.75, 3.05) is 24.5 Å². The molecule has 1 saturated carbocycles. The van der Waals surface area contributed by atoms with E-state index in [1.165, 1.54) is 15.9 Å². The van der Waals surface area contributed by atoms with Crippen LogP contribution in [0.3, 0.4) is 0 Å². The van der Waals surface area contributed by atoms with Crippen LogP contribution in [-0.4, -0.2) is 42.5 Å². The van der Waals surface area contributed by atoms with Crippen LogP contribution in [0.25, 0.3) is 0 Å². The van der Waals surface area contributed by atoms with Crippen molar-refractivity contribution in [1.29, 1.82) is 0 Å². The molecule has 0 atom stereocenters. The summed E-state index contributed by atoms with van der Waals surface area (Å²) in [4.78, 5) is 27.2. The van der Waals surface area contributed by atoms with Gasteiger partial charge in [-0.2, -0.15) is 0 Å². The minimum absolute atomic E-state index is 0.0420. The highest BCUT2D eigenvalue weighted by molar-refractivity contribution is 5.96. The van der Waals surface area contributed by atoms with Gasteiger partial charge in [-0.3, -0.25) is 9.69 Å². The molecule has 118 valence electrons. The van der Waals surface area contributed by atoms with E-state index in [-0.39, 0.29) is 30.2 Å². The smallest absolute Gasteiger partial charge is 0.325 e. The zero-order chi connectivity index (χ0) is 15.5. The van der Waals surface area contributed by atoms with Crippen LogP contribution < -0.4 is 10.2 Å². The van der Waals surface area contributed by atoms with Crippen LogP contribution in [0.4, 0.5) is 14.9 Å². The highest BCUT2D eigenvalue weighted by atomic mass is 19.1. The lowest BCUT2D eigenvalue weighted by molar-refractivity contribution is -0.122. The molecule has 1 N–H and O–H groups in total. The molecule has 0 unspecified atom stereocenters. The van der Waals surface area contributed by atoms with Gasteiger partial charge in [0.2, 0.25) is 5.91 Å². The molecule has 0 bridgehead atoms. The molecule has 3 rings (SSSR count). The fourth-order valence-electron chi connectivity index (χ4n) is 3.14. The van der Waals surface area contributed by atoms with Gasteiger partial charge in [-0.05, 0) is 25.0 Å². The second-order valence-electron chi connectivity index (χ2n) is 5.86. The van der Waals surface area contributed by atoms with E-state index in [9.17, 15) is 14.0 Å². The number of nitrogens with one attached hydrogen (secondary N) is 1. The zero-order valence-electron chi connectivity index (χ0n) is 12.4. The molecule has 1 heterocycles. The van der Waals surface area contributed by atoms with Crippen molar-refractivity contribution in [1.82, 2.24) is 10.2 Å². The Hall–Kier alpha value is -2.11. The fraction of sp³-hybridized carbons (Fsp3) is 0.500. The van der Waals surface area contributed by atoms with Gasteiger partial charge >= 0.3 is 6.03 Å². The first-order chi connectivity index (χ1) is 10.6. The quantitative estimate of drug-likeness (QED) is 0.926. The first kappa shape index (κ1) is 14.8. The number of halogens is 1. The zero-order valence-corrected chi connectivity index (χ0v) is 12.4. The summed E-state index contributed by atoms with van der Waals surface area (Å²) in [6.07, 6.45) is 4.32. The van der Waals surface area contributed by atoms with E-state index in [0.717, 1.165) is 25.7 Å². The van der Waals surface area contributed by atoms with Crippen molar-refractivity contribution < 1.29 is 14.0 Å². The average molecular weight is 305 g/mol.